The van der Waals surface area contributed by atoms with E-state index in [4.69, 9.17) is 17.3 Å². The number of anilines is 1. The third-order valence-electron chi connectivity index (χ3n) is 3.96. The highest BCUT2D eigenvalue weighted by Crippen LogP contribution is 2.38. The molecule has 108 valence electrons. The number of nitrogens with zero attached hydrogens (tertiary/aromatic N) is 1. The molecule has 2 atom stereocenters. The van der Waals surface area contributed by atoms with Crippen molar-refractivity contribution in [3.63, 3.8) is 0 Å². The summed E-state index contributed by atoms with van der Waals surface area (Å²) >= 11 is 5.96. The first kappa shape index (κ1) is 14.7. The largest absolute Gasteiger partial charge is 0.327 e. The molecule has 3 N–H and O–H groups in total. The highest BCUT2D eigenvalue weighted by atomic mass is 35.5. The summed E-state index contributed by atoms with van der Waals surface area (Å²) in [6.45, 7) is 1.83. The van der Waals surface area contributed by atoms with E-state index in [0.29, 0.717) is 5.69 Å². The van der Waals surface area contributed by atoms with E-state index in [-0.39, 0.29) is 22.7 Å². The summed E-state index contributed by atoms with van der Waals surface area (Å²) in [6, 6.07) is 3.77. The van der Waals surface area contributed by atoms with Gasteiger partial charge in [0.25, 0.3) is 5.69 Å². The van der Waals surface area contributed by atoms with Gasteiger partial charge in [-0.2, -0.15) is 0 Å². The molecule has 0 saturated heterocycles. The lowest BCUT2D eigenvalue weighted by Gasteiger charge is -2.27. The number of benzene rings is 1. The van der Waals surface area contributed by atoms with Crippen molar-refractivity contribution < 1.29 is 9.72 Å². The highest BCUT2D eigenvalue weighted by Gasteiger charge is 2.43. The van der Waals surface area contributed by atoms with Crippen LogP contribution in [0.25, 0.3) is 0 Å². The molecule has 0 aliphatic heterocycles. The molecule has 2 rings (SSSR count). The maximum Gasteiger partial charge on any atom is 0.271 e. The number of carbonyl (C=O) groups excluding carboxylic acids is 1. The van der Waals surface area contributed by atoms with Gasteiger partial charge in [0.2, 0.25) is 5.91 Å². The molecular weight excluding hydrogens is 282 g/mol. The number of halogens is 1. The lowest BCUT2D eigenvalue weighted by molar-refractivity contribution is -0.384. The monoisotopic (exact) mass is 297 g/mol. The van der Waals surface area contributed by atoms with Gasteiger partial charge in [0, 0.05) is 18.2 Å². The molecule has 1 aliphatic carbocycles. The molecule has 0 bridgehead atoms. The van der Waals surface area contributed by atoms with Crippen LogP contribution in [0.1, 0.15) is 26.2 Å². The van der Waals surface area contributed by atoms with Crippen molar-refractivity contribution in [2.45, 2.75) is 32.2 Å². The van der Waals surface area contributed by atoms with Gasteiger partial charge < -0.3 is 11.1 Å². The van der Waals surface area contributed by atoms with Gasteiger partial charge in [0.15, 0.2) is 0 Å². The number of hydrogen-bond donors (Lipinski definition) is 2. The van der Waals surface area contributed by atoms with E-state index in [1.54, 1.807) is 0 Å². The molecule has 7 heteroatoms. The van der Waals surface area contributed by atoms with Crippen molar-refractivity contribution in [2.24, 2.45) is 11.1 Å². The zero-order chi connectivity index (χ0) is 14.9. The van der Waals surface area contributed by atoms with Gasteiger partial charge in [-0.1, -0.05) is 18.0 Å². The predicted molar refractivity (Wildman–Crippen MR) is 76.7 cm³/mol. The molecule has 0 radical (unpaired) electrons. The summed E-state index contributed by atoms with van der Waals surface area (Å²) in [5.74, 6) is -0.196. The lowest BCUT2D eigenvalue weighted by atomic mass is 9.84. The Hall–Kier alpha value is -1.66. The van der Waals surface area contributed by atoms with Gasteiger partial charge in [-0.3, -0.25) is 14.9 Å². The van der Waals surface area contributed by atoms with Crippen LogP contribution < -0.4 is 11.1 Å². The molecule has 0 spiro atoms. The molecule has 6 nitrogen and oxygen atoms in total. The number of amides is 1. The summed E-state index contributed by atoms with van der Waals surface area (Å²) in [7, 11) is 0. The van der Waals surface area contributed by atoms with Gasteiger partial charge in [0.1, 0.15) is 0 Å². The minimum atomic E-state index is -0.620. The van der Waals surface area contributed by atoms with E-state index in [2.05, 4.69) is 5.32 Å². The molecule has 1 aliphatic rings. The van der Waals surface area contributed by atoms with E-state index in [1.165, 1.54) is 18.2 Å². The van der Waals surface area contributed by atoms with Crippen LogP contribution in [0.5, 0.6) is 0 Å². The summed E-state index contributed by atoms with van der Waals surface area (Å²) in [4.78, 5) is 22.4. The Morgan fingerprint density at radius 1 is 1.60 bits per heavy atom. The Bertz CT molecular complexity index is 564. The van der Waals surface area contributed by atoms with Crippen LogP contribution in [0.2, 0.25) is 5.02 Å². The number of hydrogen-bond acceptors (Lipinski definition) is 4. The van der Waals surface area contributed by atoms with Crippen LogP contribution >= 0.6 is 11.6 Å². The second kappa shape index (κ2) is 5.38. The first-order valence-electron chi connectivity index (χ1n) is 6.35. The van der Waals surface area contributed by atoms with Crippen molar-refractivity contribution in [1.29, 1.82) is 0 Å². The molecule has 1 aromatic carbocycles. The third kappa shape index (κ3) is 2.62. The van der Waals surface area contributed by atoms with Gasteiger partial charge in [-0.15, -0.1) is 0 Å². The average Bonchev–Trinajstić information content (AvgIpc) is 2.73. The SMILES string of the molecule is CC1(C(=O)Nc2ccc([N+](=O)[O-])cc2Cl)CCCC1N. The maximum atomic E-state index is 12.3. The molecule has 0 heterocycles. The quantitative estimate of drug-likeness (QED) is 0.662. The topological polar surface area (TPSA) is 98.3 Å². The van der Waals surface area contributed by atoms with E-state index >= 15 is 0 Å². The molecule has 20 heavy (non-hydrogen) atoms. The first-order chi connectivity index (χ1) is 9.34. The standard InChI is InChI=1S/C13H16ClN3O3/c1-13(6-2-3-11(13)15)12(18)16-10-5-4-8(17(19)20)7-9(10)14/h4-5,7,11H,2-3,6,15H2,1H3,(H,16,18). The fraction of sp³-hybridized carbons (Fsp3) is 0.462. The van der Waals surface area contributed by atoms with Crippen LogP contribution in [0.15, 0.2) is 18.2 Å². The molecule has 1 aromatic rings. The number of nitrogens with one attached hydrogen (secondary N) is 1. The predicted octanol–water partition coefficient (Wildman–Crippen LogP) is 2.70. The molecule has 2 unspecified atom stereocenters. The number of nitrogens with two attached hydrogens (primary N) is 1. The molecule has 1 amide bonds. The fourth-order valence-electron chi connectivity index (χ4n) is 2.46. The van der Waals surface area contributed by atoms with Crippen molar-refractivity contribution in [1.82, 2.24) is 0 Å². The van der Waals surface area contributed by atoms with Gasteiger partial charge in [0.05, 0.1) is 21.0 Å². The Morgan fingerprint density at radius 2 is 2.30 bits per heavy atom. The smallest absolute Gasteiger partial charge is 0.271 e. The van der Waals surface area contributed by atoms with Crippen LogP contribution in [0.3, 0.4) is 0 Å². The highest BCUT2D eigenvalue weighted by molar-refractivity contribution is 6.34. The van der Waals surface area contributed by atoms with Gasteiger partial charge >= 0.3 is 0 Å². The lowest BCUT2D eigenvalue weighted by Crippen LogP contribution is -2.44. The maximum absolute atomic E-state index is 12.3. The molecular formula is C13H16ClN3O3. The Morgan fingerprint density at radius 3 is 2.80 bits per heavy atom. The van der Waals surface area contributed by atoms with E-state index in [9.17, 15) is 14.9 Å². The third-order valence-corrected chi connectivity index (χ3v) is 4.27. The number of nitro groups is 1. The first-order valence-corrected chi connectivity index (χ1v) is 6.73. The van der Waals surface area contributed by atoms with Crippen molar-refractivity contribution >= 4 is 28.9 Å². The van der Waals surface area contributed by atoms with Gasteiger partial charge in [-0.25, -0.2) is 0 Å². The van der Waals surface area contributed by atoms with Crippen molar-refractivity contribution in [3.05, 3.63) is 33.3 Å². The fourth-order valence-corrected chi connectivity index (χ4v) is 2.68. The van der Waals surface area contributed by atoms with E-state index in [0.717, 1.165) is 19.3 Å². The van der Waals surface area contributed by atoms with Crippen LogP contribution in [0.4, 0.5) is 11.4 Å². The molecule has 0 aromatic heterocycles. The zero-order valence-corrected chi connectivity index (χ0v) is 11.8. The van der Waals surface area contributed by atoms with Gasteiger partial charge in [-0.05, 0) is 25.8 Å². The second-order valence-electron chi connectivity index (χ2n) is 5.29. The number of nitro benzene ring substituents is 1. The normalized spacial score (nSPS) is 25.4. The van der Waals surface area contributed by atoms with E-state index < -0.39 is 10.3 Å². The number of carbonyl (C=O) groups is 1. The molecule has 1 fully saturated rings. The summed E-state index contributed by atoms with van der Waals surface area (Å²) in [5.41, 5.74) is 5.62. The van der Waals surface area contributed by atoms with Crippen LogP contribution in [0, 0.1) is 15.5 Å². The average molecular weight is 298 g/mol. The van der Waals surface area contributed by atoms with Crippen molar-refractivity contribution in [3.8, 4) is 0 Å². The Labute approximate surface area is 121 Å². The number of non-ortho nitro benzene ring substituents is 1. The minimum Gasteiger partial charge on any atom is -0.327 e. The summed E-state index contributed by atoms with van der Waals surface area (Å²) in [5, 5.41) is 13.5. The van der Waals surface area contributed by atoms with Crippen molar-refractivity contribution in [2.75, 3.05) is 5.32 Å². The zero-order valence-electron chi connectivity index (χ0n) is 11.1. The number of rotatable bonds is 3. The molecule has 1 saturated carbocycles. The summed E-state index contributed by atoms with van der Waals surface area (Å²) in [6.07, 6.45) is 2.46. The van der Waals surface area contributed by atoms with Crippen LogP contribution in [-0.2, 0) is 4.79 Å². The Balaban J connectivity index is 2.18. The minimum absolute atomic E-state index is 0.114. The van der Waals surface area contributed by atoms with Crippen LogP contribution in [-0.4, -0.2) is 16.9 Å². The second-order valence-corrected chi connectivity index (χ2v) is 5.70. The Kier molecular flexibility index (Phi) is 3.96. The summed E-state index contributed by atoms with van der Waals surface area (Å²) < 4.78 is 0. The van der Waals surface area contributed by atoms with E-state index in [1.807, 2.05) is 6.92 Å².